The predicted molar refractivity (Wildman–Crippen MR) is 134 cm³/mol. The van der Waals surface area contributed by atoms with E-state index in [1.165, 1.54) is 35.2 Å². The van der Waals surface area contributed by atoms with Crippen LogP contribution in [0, 0.1) is 5.82 Å². The van der Waals surface area contributed by atoms with Gasteiger partial charge in [0.15, 0.2) is 10.3 Å². The standard InChI is InChI=1S/C23H22FN5OS3/c1-2-29-20(14-31-12-16-8-10-18(24)11-9-16)27-28-23(29)33-15-21(30)26-22-25-19(13-32-22)17-6-4-3-5-7-17/h3-11,13H,2,12,14-15H2,1H3,(H,25,26,30). The zero-order chi connectivity index (χ0) is 23.0. The van der Waals surface area contributed by atoms with Crippen LogP contribution in [-0.4, -0.2) is 31.4 Å². The molecular weight excluding hydrogens is 477 g/mol. The molecule has 2 aromatic heterocycles. The summed E-state index contributed by atoms with van der Waals surface area (Å²) in [5.41, 5.74) is 2.93. The van der Waals surface area contributed by atoms with Gasteiger partial charge in [0.05, 0.1) is 17.2 Å². The monoisotopic (exact) mass is 499 g/mol. The first kappa shape index (κ1) is 23.5. The molecule has 2 heterocycles. The molecule has 0 bridgehead atoms. The van der Waals surface area contributed by atoms with Crippen molar-refractivity contribution in [3.63, 3.8) is 0 Å². The fraction of sp³-hybridized carbons (Fsp3) is 0.217. The summed E-state index contributed by atoms with van der Waals surface area (Å²) in [7, 11) is 0. The molecule has 0 aliphatic rings. The minimum Gasteiger partial charge on any atom is -0.306 e. The second kappa shape index (κ2) is 11.4. The highest BCUT2D eigenvalue weighted by molar-refractivity contribution is 7.99. The van der Waals surface area contributed by atoms with Gasteiger partial charge in [-0.2, -0.15) is 0 Å². The Kier molecular flexibility index (Phi) is 8.14. The van der Waals surface area contributed by atoms with Crippen molar-refractivity contribution in [1.82, 2.24) is 19.7 Å². The van der Waals surface area contributed by atoms with Crippen LogP contribution < -0.4 is 5.32 Å². The number of amides is 1. The molecule has 0 aliphatic heterocycles. The van der Waals surface area contributed by atoms with Crippen LogP contribution >= 0.6 is 34.9 Å². The van der Waals surface area contributed by atoms with Crippen molar-refractivity contribution in [3.8, 4) is 11.3 Å². The van der Waals surface area contributed by atoms with E-state index in [4.69, 9.17) is 0 Å². The number of hydrogen-bond acceptors (Lipinski definition) is 7. The molecule has 0 aliphatic carbocycles. The van der Waals surface area contributed by atoms with Crippen molar-refractivity contribution < 1.29 is 9.18 Å². The van der Waals surface area contributed by atoms with Crippen LogP contribution in [0.3, 0.4) is 0 Å². The van der Waals surface area contributed by atoms with Crippen molar-refractivity contribution in [1.29, 1.82) is 0 Å². The van der Waals surface area contributed by atoms with Gasteiger partial charge >= 0.3 is 0 Å². The maximum absolute atomic E-state index is 13.0. The molecule has 1 N–H and O–H groups in total. The number of nitrogens with zero attached hydrogens (tertiary/aromatic N) is 4. The van der Waals surface area contributed by atoms with E-state index in [0.29, 0.717) is 16.0 Å². The first-order valence-corrected chi connectivity index (χ1v) is 13.3. The number of hydrogen-bond donors (Lipinski definition) is 1. The lowest BCUT2D eigenvalue weighted by atomic mass is 10.2. The van der Waals surface area contributed by atoms with Crippen LogP contribution in [-0.2, 0) is 22.8 Å². The zero-order valence-corrected chi connectivity index (χ0v) is 20.4. The summed E-state index contributed by atoms with van der Waals surface area (Å²) < 4.78 is 15.1. The summed E-state index contributed by atoms with van der Waals surface area (Å²) in [5.74, 6) is 2.17. The Labute approximate surface area is 204 Å². The Balaban J connectivity index is 1.28. The maximum atomic E-state index is 13.0. The lowest BCUT2D eigenvalue weighted by Crippen LogP contribution is -2.14. The number of rotatable bonds is 10. The highest BCUT2D eigenvalue weighted by atomic mass is 32.2. The first-order valence-electron chi connectivity index (χ1n) is 10.3. The number of aromatic nitrogens is 4. The molecule has 33 heavy (non-hydrogen) atoms. The Bertz CT molecular complexity index is 1190. The van der Waals surface area contributed by atoms with Gasteiger partial charge in [-0.05, 0) is 24.6 Å². The fourth-order valence-corrected chi connectivity index (χ4v) is 5.53. The van der Waals surface area contributed by atoms with Gasteiger partial charge in [0, 0.05) is 23.2 Å². The van der Waals surface area contributed by atoms with Gasteiger partial charge in [0.1, 0.15) is 11.6 Å². The molecule has 1 amide bonds. The number of thioether (sulfide) groups is 2. The summed E-state index contributed by atoms with van der Waals surface area (Å²) in [4.78, 5) is 16.9. The van der Waals surface area contributed by atoms with E-state index in [1.54, 1.807) is 23.9 Å². The molecule has 0 saturated heterocycles. The zero-order valence-electron chi connectivity index (χ0n) is 17.9. The number of thiazole rings is 1. The predicted octanol–water partition coefficient (Wildman–Crippen LogP) is 5.72. The molecule has 0 fully saturated rings. The Hall–Kier alpha value is -2.69. The minimum atomic E-state index is -0.230. The third kappa shape index (κ3) is 6.43. The average Bonchev–Trinajstić information content (AvgIpc) is 3.46. The molecule has 0 spiro atoms. The van der Waals surface area contributed by atoms with E-state index in [1.807, 2.05) is 47.2 Å². The molecule has 0 saturated carbocycles. The van der Waals surface area contributed by atoms with Gasteiger partial charge in [-0.3, -0.25) is 4.79 Å². The molecule has 2 aromatic carbocycles. The van der Waals surface area contributed by atoms with Gasteiger partial charge in [-0.1, -0.05) is 54.2 Å². The SMILES string of the molecule is CCn1c(CSCc2ccc(F)cc2)nnc1SCC(=O)Nc1nc(-c2ccccc2)cs1. The van der Waals surface area contributed by atoms with Crippen molar-refractivity contribution in [3.05, 3.63) is 77.2 Å². The molecule has 4 rings (SSSR count). The molecule has 4 aromatic rings. The van der Waals surface area contributed by atoms with Crippen molar-refractivity contribution in [2.75, 3.05) is 11.1 Å². The quantitative estimate of drug-likeness (QED) is 0.281. The van der Waals surface area contributed by atoms with Crippen LogP contribution in [0.25, 0.3) is 11.3 Å². The Morgan fingerprint density at radius 2 is 1.88 bits per heavy atom. The van der Waals surface area contributed by atoms with Gasteiger partial charge < -0.3 is 9.88 Å². The maximum Gasteiger partial charge on any atom is 0.236 e. The molecule has 6 nitrogen and oxygen atoms in total. The first-order chi connectivity index (χ1) is 16.1. The fourth-order valence-electron chi connectivity index (χ4n) is 3.05. The molecular formula is C23H22FN5OS3. The minimum absolute atomic E-state index is 0.133. The molecule has 0 radical (unpaired) electrons. The summed E-state index contributed by atoms with van der Waals surface area (Å²) in [5, 5.41) is 14.7. The van der Waals surface area contributed by atoms with Crippen molar-refractivity contribution >= 4 is 45.9 Å². The van der Waals surface area contributed by atoms with Crippen molar-refractivity contribution in [2.24, 2.45) is 0 Å². The third-order valence-electron chi connectivity index (χ3n) is 4.68. The number of carbonyl (C=O) groups is 1. The highest BCUT2D eigenvalue weighted by Gasteiger charge is 2.14. The van der Waals surface area contributed by atoms with E-state index in [0.717, 1.165) is 34.9 Å². The molecule has 0 atom stereocenters. The van der Waals surface area contributed by atoms with Crippen molar-refractivity contribution in [2.45, 2.75) is 30.1 Å². The van der Waals surface area contributed by atoms with E-state index < -0.39 is 0 Å². The topological polar surface area (TPSA) is 72.7 Å². The average molecular weight is 500 g/mol. The number of carbonyl (C=O) groups excluding carboxylic acids is 1. The van der Waals surface area contributed by atoms with E-state index in [2.05, 4.69) is 20.5 Å². The number of nitrogens with one attached hydrogen (secondary N) is 1. The number of anilines is 1. The van der Waals surface area contributed by atoms with Crippen LogP contribution in [0.15, 0.2) is 65.1 Å². The summed E-state index contributed by atoms with van der Waals surface area (Å²) in [6.45, 7) is 2.75. The van der Waals surface area contributed by atoms with E-state index in [9.17, 15) is 9.18 Å². The Morgan fingerprint density at radius 1 is 1.09 bits per heavy atom. The number of halogens is 1. The third-order valence-corrected chi connectivity index (χ3v) is 7.40. The van der Waals surface area contributed by atoms with Gasteiger partial charge in [-0.25, -0.2) is 9.37 Å². The lowest BCUT2D eigenvalue weighted by Gasteiger charge is -2.07. The summed E-state index contributed by atoms with van der Waals surface area (Å²) in [6, 6.07) is 16.4. The van der Waals surface area contributed by atoms with Gasteiger partial charge in [-0.15, -0.1) is 33.3 Å². The molecule has 170 valence electrons. The number of benzene rings is 2. The summed E-state index contributed by atoms with van der Waals surface area (Å²) in [6.07, 6.45) is 0. The normalized spacial score (nSPS) is 11.0. The lowest BCUT2D eigenvalue weighted by molar-refractivity contribution is -0.113. The smallest absolute Gasteiger partial charge is 0.236 e. The van der Waals surface area contributed by atoms with Crippen LogP contribution in [0.2, 0.25) is 0 Å². The molecule has 0 unspecified atom stereocenters. The Morgan fingerprint density at radius 3 is 2.64 bits per heavy atom. The van der Waals surface area contributed by atoms with E-state index in [-0.39, 0.29) is 17.5 Å². The second-order valence-electron chi connectivity index (χ2n) is 7.00. The van der Waals surface area contributed by atoms with Gasteiger partial charge in [0.2, 0.25) is 5.91 Å². The van der Waals surface area contributed by atoms with Gasteiger partial charge in [0.25, 0.3) is 0 Å². The second-order valence-corrected chi connectivity index (χ2v) is 9.79. The molecule has 10 heteroatoms. The summed E-state index contributed by atoms with van der Waals surface area (Å²) >= 11 is 4.46. The van der Waals surface area contributed by atoms with Crippen LogP contribution in [0.4, 0.5) is 9.52 Å². The van der Waals surface area contributed by atoms with Crippen LogP contribution in [0.1, 0.15) is 18.3 Å². The van der Waals surface area contributed by atoms with Crippen LogP contribution in [0.5, 0.6) is 0 Å². The van der Waals surface area contributed by atoms with E-state index >= 15 is 0 Å². The largest absolute Gasteiger partial charge is 0.306 e. The highest BCUT2D eigenvalue weighted by Crippen LogP contribution is 2.26.